The van der Waals surface area contributed by atoms with Gasteiger partial charge in [-0.25, -0.2) is 0 Å². The maximum absolute atomic E-state index is 12.5. The van der Waals surface area contributed by atoms with E-state index >= 15 is 0 Å². The molecule has 0 spiro atoms. The molecule has 2 heterocycles. The van der Waals surface area contributed by atoms with Crippen molar-refractivity contribution in [1.29, 1.82) is 0 Å². The summed E-state index contributed by atoms with van der Waals surface area (Å²) in [5, 5.41) is 12.8. The van der Waals surface area contributed by atoms with E-state index in [4.69, 9.17) is 15.2 Å². The van der Waals surface area contributed by atoms with Crippen molar-refractivity contribution in [1.82, 2.24) is 19.8 Å². The lowest BCUT2D eigenvalue weighted by molar-refractivity contribution is 0.355. The summed E-state index contributed by atoms with van der Waals surface area (Å²) in [5.41, 5.74) is 5.95. The zero-order valence-electron chi connectivity index (χ0n) is 11.9. The van der Waals surface area contributed by atoms with E-state index < -0.39 is 0 Å². The van der Waals surface area contributed by atoms with Crippen molar-refractivity contribution in [2.45, 2.75) is 6.54 Å². The molecule has 3 aromatic rings. The topological polar surface area (TPSA) is 105 Å². The van der Waals surface area contributed by atoms with Crippen LogP contribution in [0.4, 0.5) is 0 Å². The number of fused-ring (bicyclic) bond motifs is 1. The van der Waals surface area contributed by atoms with Gasteiger partial charge in [-0.2, -0.15) is 9.61 Å². The van der Waals surface area contributed by atoms with Gasteiger partial charge >= 0.3 is 5.56 Å². The molecule has 0 atom stereocenters. The van der Waals surface area contributed by atoms with E-state index in [1.54, 1.807) is 25.3 Å². The molecule has 22 heavy (non-hydrogen) atoms. The third-order valence-corrected chi connectivity index (χ3v) is 3.99. The summed E-state index contributed by atoms with van der Waals surface area (Å²) >= 11 is 1.24. The van der Waals surface area contributed by atoms with Crippen molar-refractivity contribution in [3.8, 4) is 22.8 Å². The average molecular weight is 319 g/mol. The predicted molar refractivity (Wildman–Crippen MR) is 81.4 cm³/mol. The second kappa shape index (κ2) is 5.70. The Bertz CT molecular complexity index is 889. The number of benzene rings is 1. The number of nitrogens with zero attached hydrogens (tertiary/aromatic N) is 4. The van der Waals surface area contributed by atoms with Crippen molar-refractivity contribution in [2.75, 3.05) is 14.2 Å². The highest BCUT2D eigenvalue weighted by molar-refractivity contribution is 7.16. The van der Waals surface area contributed by atoms with Crippen LogP contribution in [0, 0.1) is 0 Å². The van der Waals surface area contributed by atoms with Crippen LogP contribution < -0.4 is 20.8 Å². The first-order valence-electron chi connectivity index (χ1n) is 6.35. The van der Waals surface area contributed by atoms with Crippen molar-refractivity contribution in [2.24, 2.45) is 5.73 Å². The Labute approximate surface area is 129 Å². The fraction of sp³-hybridized carbons (Fsp3) is 0.231. The Morgan fingerprint density at radius 2 is 2.00 bits per heavy atom. The monoisotopic (exact) mass is 319 g/mol. The molecule has 0 aliphatic heterocycles. The van der Waals surface area contributed by atoms with Gasteiger partial charge in [-0.3, -0.25) is 4.79 Å². The lowest BCUT2D eigenvalue weighted by Crippen LogP contribution is -2.19. The van der Waals surface area contributed by atoms with E-state index in [0.717, 1.165) is 0 Å². The number of ether oxygens (including phenoxy) is 2. The summed E-state index contributed by atoms with van der Waals surface area (Å²) in [7, 11) is 3.07. The first-order valence-corrected chi connectivity index (χ1v) is 7.17. The molecule has 0 saturated heterocycles. The zero-order chi connectivity index (χ0) is 15.7. The molecule has 2 aromatic heterocycles. The van der Waals surface area contributed by atoms with Crippen LogP contribution in [0.1, 0.15) is 5.01 Å². The molecule has 0 radical (unpaired) electrons. The zero-order valence-corrected chi connectivity index (χ0v) is 12.8. The molecule has 9 heteroatoms. The van der Waals surface area contributed by atoms with E-state index in [2.05, 4.69) is 15.3 Å². The van der Waals surface area contributed by atoms with E-state index in [0.29, 0.717) is 27.0 Å². The SMILES string of the molecule is COc1ccc(-c2nnc3sc(CN)nn3c2=O)cc1OC. The minimum absolute atomic E-state index is 0.187. The van der Waals surface area contributed by atoms with E-state index in [-0.39, 0.29) is 17.8 Å². The minimum Gasteiger partial charge on any atom is -0.493 e. The standard InChI is InChI=1S/C13H13N5O3S/c1-20-8-4-3-7(5-9(8)21-2)11-12(19)18-13(16-15-11)22-10(6-14)17-18/h3-5H,6,14H2,1-2H3. The molecule has 0 saturated carbocycles. The van der Waals surface area contributed by atoms with Crippen LogP contribution in [0.25, 0.3) is 16.2 Å². The van der Waals surface area contributed by atoms with E-state index in [1.807, 2.05) is 0 Å². The van der Waals surface area contributed by atoms with Crippen molar-refractivity contribution < 1.29 is 9.47 Å². The molecule has 3 rings (SSSR count). The molecule has 114 valence electrons. The maximum Gasteiger partial charge on any atom is 0.302 e. The fourth-order valence-electron chi connectivity index (χ4n) is 2.00. The van der Waals surface area contributed by atoms with Gasteiger partial charge in [0.15, 0.2) is 17.2 Å². The quantitative estimate of drug-likeness (QED) is 0.754. The molecule has 0 amide bonds. The maximum atomic E-state index is 12.5. The van der Waals surface area contributed by atoms with Crippen molar-refractivity contribution in [3.63, 3.8) is 0 Å². The predicted octanol–water partition coefficient (Wildman–Crippen LogP) is 0.689. The van der Waals surface area contributed by atoms with Crippen LogP contribution in [0.2, 0.25) is 0 Å². The van der Waals surface area contributed by atoms with E-state index in [1.165, 1.54) is 23.0 Å². The molecular formula is C13H13N5O3S. The number of nitrogens with two attached hydrogens (primary N) is 1. The van der Waals surface area contributed by atoms with Crippen LogP contribution >= 0.6 is 11.3 Å². The Balaban J connectivity index is 2.18. The molecule has 8 nitrogen and oxygen atoms in total. The van der Waals surface area contributed by atoms with E-state index in [9.17, 15) is 4.79 Å². The van der Waals surface area contributed by atoms with Gasteiger partial charge in [0.05, 0.1) is 14.2 Å². The molecule has 0 aliphatic carbocycles. The highest BCUT2D eigenvalue weighted by Crippen LogP contribution is 2.30. The number of rotatable bonds is 4. The first kappa shape index (κ1) is 14.4. The van der Waals surface area contributed by atoms with Crippen molar-refractivity contribution in [3.05, 3.63) is 33.6 Å². The number of hydrogen-bond donors (Lipinski definition) is 1. The average Bonchev–Trinajstić information content (AvgIpc) is 2.99. The van der Waals surface area contributed by atoms with Gasteiger partial charge in [-0.1, -0.05) is 11.3 Å². The highest BCUT2D eigenvalue weighted by atomic mass is 32.1. The smallest absolute Gasteiger partial charge is 0.302 e. The molecule has 2 N–H and O–H groups in total. The van der Waals surface area contributed by atoms with Gasteiger partial charge in [0.1, 0.15) is 5.01 Å². The summed E-state index contributed by atoms with van der Waals surface area (Å²) in [5.74, 6) is 1.08. The minimum atomic E-state index is -0.354. The Hall–Kier alpha value is -2.52. The van der Waals surface area contributed by atoms with Gasteiger partial charge < -0.3 is 15.2 Å². The first-order chi connectivity index (χ1) is 10.7. The second-order valence-electron chi connectivity index (χ2n) is 4.32. The number of aromatic nitrogens is 4. The summed E-state index contributed by atoms with van der Waals surface area (Å²) in [6.07, 6.45) is 0. The van der Waals surface area contributed by atoms with Crippen LogP contribution in [0.3, 0.4) is 0 Å². The lowest BCUT2D eigenvalue weighted by Gasteiger charge is -2.08. The Morgan fingerprint density at radius 3 is 2.68 bits per heavy atom. The largest absolute Gasteiger partial charge is 0.493 e. The van der Waals surface area contributed by atoms with Crippen molar-refractivity contribution >= 4 is 16.3 Å². The summed E-state index contributed by atoms with van der Waals surface area (Å²) in [6.45, 7) is 0.249. The number of hydrogen-bond acceptors (Lipinski definition) is 8. The second-order valence-corrected chi connectivity index (χ2v) is 5.36. The van der Waals surface area contributed by atoms with Gasteiger partial charge in [-0.05, 0) is 18.2 Å². The molecule has 0 aliphatic rings. The van der Waals surface area contributed by atoms with Crippen LogP contribution in [0.5, 0.6) is 11.5 Å². The lowest BCUT2D eigenvalue weighted by atomic mass is 10.1. The number of methoxy groups -OCH3 is 2. The molecule has 0 unspecified atom stereocenters. The molecule has 1 aromatic carbocycles. The Kier molecular flexibility index (Phi) is 3.73. The van der Waals surface area contributed by atoms with Gasteiger partial charge in [0, 0.05) is 12.1 Å². The summed E-state index contributed by atoms with van der Waals surface area (Å²) < 4.78 is 11.6. The third kappa shape index (κ3) is 2.30. The third-order valence-electron chi connectivity index (χ3n) is 3.06. The van der Waals surface area contributed by atoms with Gasteiger partial charge in [0.25, 0.3) is 0 Å². The van der Waals surface area contributed by atoms with Crippen LogP contribution in [0.15, 0.2) is 23.0 Å². The summed E-state index contributed by atoms with van der Waals surface area (Å²) in [4.78, 5) is 12.9. The normalized spacial score (nSPS) is 10.9. The summed E-state index contributed by atoms with van der Waals surface area (Å²) in [6, 6.07) is 5.10. The Morgan fingerprint density at radius 1 is 1.23 bits per heavy atom. The van der Waals surface area contributed by atoms with Gasteiger partial charge in [0.2, 0.25) is 4.96 Å². The molecule has 0 bridgehead atoms. The van der Waals surface area contributed by atoms with Crippen LogP contribution in [-0.2, 0) is 6.54 Å². The fourth-order valence-corrected chi connectivity index (χ4v) is 2.71. The van der Waals surface area contributed by atoms with Crippen LogP contribution in [-0.4, -0.2) is 34.0 Å². The molecule has 0 fully saturated rings. The highest BCUT2D eigenvalue weighted by Gasteiger charge is 2.15. The molecular weight excluding hydrogens is 306 g/mol. The van der Waals surface area contributed by atoms with Gasteiger partial charge in [-0.15, -0.1) is 10.2 Å².